The molecule has 2 unspecified atom stereocenters. The molecule has 0 aromatic heterocycles. The maximum Gasteiger partial charge on any atom is 0.230 e. The Balaban J connectivity index is 2.33. The van der Waals surface area contributed by atoms with E-state index in [4.69, 9.17) is 0 Å². The molecule has 0 aliphatic heterocycles. The molecule has 0 spiro atoms. The number of hydrogen-bond acceptors (Lipinski definition) is 3. The molecule has 1 N–H and O–H groups in total. The van der Waals surface area contributed by atoms with Gasteiger partial charge in [0.15, 0.2) is 0 Å². The normalized spacial score (nSPS) is 26.9. The molecule has 0 radical (unpaired) electrons. The number of rotatable bonds is 3. The van der Waals surface area contributed by atoms with E-state index in [1.54, 1.807) is 0 Å². The zero-order valence-electron chi connectivity index (χ0n) is 7.11. The van der Waals surface area contributed by atoms with E-state index in [1.165, 1.54) is 0 Å². The number of hydrogen-bond donors (Lipinski definition) is 1. The van der Waals surface area contributed by atoms with Crippen LogP contribution in [0.25, 0.3) is 0 Å². The van der Waals surface area contributed by atoms with Gasteiger partial charge in [-0.1, -0.05) is 0 Å². The van der Waals surface area contributed by atoms with Gasteiger partial charge in [-0.05, 0) is 13.8 Å². The van der Waals surface area contributed by atoms with Crippen LogP contribution < -0.4 is 5.32 Å². The summed E-state index contributed by atoms with van der Waals surface area (Å²) in [7, 11) is 0. The minimum Gasteiger partial charge on any atom is -0.353 e. The predicted octanol–water partition coefficient (Wildman–Crippen LogP) is 0.176. The maximum atomic E-state index is 11.1. The molecular formula is C7H12N2O3. The zero-order chi connectivity index (χ0) is 9.30. The Morgan fingerprint density at radius 2 is 2.25 bits per heavy atom. The van der Waals surface area contributed by atoms with Crippen molar-refractivity contribution in [3.05, 3.63) is 10.1 Å². The molecule has 1 aliphatic rings. The summed E-state index contributed by atoms with van der Waals surface area (Å²) >= 11 is 0. The fourth-order valence-electron chi connectivity index (χ4n) is 1.09. The SMILES string of the molecule is CC(C)NC(=O)C1CC1[N+](=O)[O-]. The Kier molecular flexibility index (Phi) is 2.30. The highest BCUT2D eigenvalue weighted by Gasteiger charge is 2.53. The average molecular weight is 172 g/mol. The van der Waals surface area contributed by atoms with Gasteiger partial charge in [0.05, 0.1) is 0 Å². The van der Waals surface area contributed by atoms with Crippen LogP contribution in [0.15, 0.2) is 0 Å². The first-order valence-electron chi connectivity index (χ1n) is 3.96. The average Bonchev–Trinajstić information content (AvgIpc) is 2.61. The minimum atomic E-state index is -0.635. The van der Waals surface area contributed by atoms with Crippen molar-refractivity contribution < 1.29 is 9.72 Å². The van der Waals surface area contributed by atoms with Crippen molar-refractivity contribution in [2.24, 2.45) is 5.92 Å². The first-order chi connectivity index (χ1) is 5.52. The van der Waals surface area contributed by atoms with Gasteiger partial charge in [0, 0.05) is 17.4 Å². The minimum absolute atomic E-state index is 0.0607. The molecule has 0 aromatic rings. The molecule has 5 nitrogen and oxygen atoms in total. The number of carbonyl (C=O) groups excluding carboxylic acids is 1. The summed E-state index contributed by atoms with van der Waals surface area (Å²) in [6.45, 7) is 3.67. The summed E-state index contributed by atoms with van der Waals surface area (Å²) < 4.78 is 0. The van der Waals surface area contributed by atoms with Crippen molar-refractivity contribution in [2.75, 3.05) is 0 Å². The fourth-order valence-corrected chi connectivity index (χ4v) is 1.09. The van der Waals surface area contributed by atoms with E-state index in [0.717, 1.165) is 0 Å². The van der Waals surface area contributed by atoms with E-state index < -0.39 is 6.04 Å². The third-order valence-electron chi connectivity index (χ3n) is 1.80. The highest BCUT2D eigenvalue weighted by atomic mass is 16.6. The quantitative estimate of drug-likeness (QED) is 0.487. The van der Waals surface area contributed by atoms with Crippen molar-refractivity contribution in [1.82, 2.24) is 5.32 Å². The second-order valence-electron chi connectivity index (χ2n) is 3.36. The van der Waals surface area contributed by atoms with Crippen LogP contribution >= 0.6 is 0 Å². The highest BCUT2D eigenvalue weighted by molar-refractivity contribution is 5.82. The van der Waals surface area contributed by atoms with Gasteiger partial charge in [-0.25, -0.2) is 0 Å². The number of nitrogens with one attached hydrogen (secondary N) is 1. The van der Waals surface area contributed by atoms with Crippen LogP contribution in [0.1, 0.15) is 20.3 Å². The largest absolute Gasteiger partial charge is 0.353 e. The second-order valence-corrected chi connectivity index (χ2v) is 3.36. The lowest BCUT2D eigenvalue weighted by Gasteiger charge is -2.05. The molecule has 12 heavy (non-hydrogen) atoms. The van der Waals surface area contributed by atoms with Crippen LogP contribution in [0.4, 0.5) is 0 Å². The van der Waals surface area contributed by atoms with Gasteiger partial charge < -0.3 is 5.32 Å². The van der Waals surface area contributed by atoms with Crippen molar-refractivity contribution >= 4 is 5.91 Å². The lowest BCUT2D eigenvalue weighted by atomic mass is 10.3. The van der Waals surface area contributed by atoms with E-state index in [2.05, 4.69) is 5.32 Å². The first kappa shape index (κ1) is 8.96. The number of carbonyl (C=O) groups is 1. The van der Waals surface area contributed by atoms with Gasteiger partial charge in [0.2, 0.25) is 11.9 Å². The Hall–Kier alpha value is -1.13. The molecule has 0 saturated heterocycles. The van der Waals surface area contributed by atoms with Crippen LogP contribution in [-0.2, 0) is 4.79 Å². The third kappa shape index (κ3) is 1.93. The monoisotopic (exact) mass is 172 g/mol. The van der Waals surface area contributed by atoms with Crippen LogP contribution in [0.3, 0.4) is 0 Å². The predicted molar refractivity (Wildman–Crippen MR) is 42.2 cm³/mol. The summed E-state index contributed by atoms with van der Waals surface area (Å²) in [4.78, 5) is 20.9. The van der Waals surface area contributed by atoms with E-state index in [9.17, 15) is 14.9 Å². The van der Waals surface area contributed by atoms with E-state index in [-0.39, 0.29) is 22.8 Å². The standard InChI is InChI=1S/C7H12N2O3/c1-4(2)8-7(10)5-3-6(5)9(11)12/h4-6H,3H2,1-2H3,(H,8,10). The molecular weight excluding hydrogens is 160 g/mol. The van der Waals surface area contributed by atoms with Crippen LogP contribution in [0.2, 0.25) is 0 Å². The Morgan fingerprint density at radius 1 is 1.67 bits per heavy atom. The number of amides is 1. The topological polar surface area (TPSA) is 72.2 Å². The van der Waals surface area contributed by atoms with Crippen molar-refractivity contribution in [1.29, 1.82) is 0 Å². The molecule has 1 fully saturated rings. The Bertz CT molecular complexity index is 215. The van der Waals surface area contributed by atoms with Gasteiger partial charge in [0.25, 0.3) is 0 Å². The van der Waals surface area contributed by atoms with Crippen LogP contribution in [0.5, 0.6) is 0 Å². The van der Waals surface area contributed by atoms with Gasteiger partial charge in [-0.3, -0.25) is 14.9 Å². The van der Waals surface area contributed by atoms with E-state index in [0.29, 0.717) is 6.42 Å². The summed E-state index contributed by atoms with van der Waals surface area (Å²) in [5.41, 5.74) is 0. The second kappa shape index (κ2) is 3.08. The smallest absolute Gasteiger partial charge is 0.230 e. The summed E-state index contributed by atoms with van der Waals surface area (Å²) in [5, 5.41) is 12.8. The molecule has 0 heterocycles. The molecule has 5 heteroatoms. The van der Waals surface area contributed by atoms with Crippen molar-refractivity contribution in [3.63, 3.8) is 0 Å². The van der Waals surface area contributed by atoms with Crippen molar-refractivity contribution in [3.8, 4) is 0 Å². The Labute approximate surface area is 70.3 Å². The summed E-state index contributed by atoms with van der Waals surface area (Å²) in [6.07, 6.45) is 0.394. The molecule has 0 aromatic carbocycles. The maximum absolute atomic E-state index is 11.1. The fraction of sp³-hybridized carbons (Fsp3) is 0.857. The van der Waals surface area contributed by atoms with Gasteiger partial charge >= 0.3 is 0 Å². The van der Waals surface area contributed by atoms with Gasteiger partial charge in [0.1, 0.15) is 5.92 Å². The Morgan fingerprint density at radius 3 is 2.58 bits per heavy atom. The third-order valence-corrected chi connectivity index (χ3v) is 1.80. The summed E-state index contributed by atoms with van der Waals surface area (Å²) in [6, 6.07) is -0.575. The van der Waals surface area contributed by atoms with Crippen molar-refractivity contribution in [2.45, 2.75) is 32.4 Å². The first-order valence-corrected chi connectivity index (χ1v) is 3.96. The number of nitro groups is 1. The molecule has 1 aliphatic carbocycles. The highest BCUT2D eigenvalue weighted by Crippen LogP contribution is 2.32. The summed E-state index contributed by atoms with van der Waals surface area (Å²) in [5.74, 6) is -0.575. The molecule has 1 rings (SSSR count). The number of nitrogens with zero attached hydrogens (tertiary/aromatic N) is 1. The lowest BCUT2D eigenvalue weighted by Crippen LogP contribution is -2.32. The van der Waals surface area contributed by atoms with Crippen LogP contribution in [-0.4, -0.2) is 22.9 Å². The lowest BCUT2D eigenvalue weighted by molar-refractivity contribution is -0.497. The van der Waals surface area contributed by atoms with Crippen LogP contribution in [0, 0.1) is 16.0 Å². The molecule has 0 bridgehead atoms. The molecule has 2 atom stereocenters. The van der Waals surface area contributed by atoms with Gasteiger partial charge in [-0.2, -0.15) is 0 Å². The molecule has 1 saturated carbocycles. The molecule has 68 valence electrons. The van der Waals surface area contributed by atoms with E-state index >= 15 is 0 Å². The van der Waals surface area contributed by atoms with E-state index in [1.807, 2.05) is 13.8 Å². The van der Waals surface area contributed by atoms with Gasteiger partial charge in [-0.15, -0.1) is 0 Å². The molecule has 1 amide bonds. The zero-order valence-corrected chi connectivity index (χ0v) is 7.11.